The lowest BCUT2D eigenvalue weighted by molar-refractivity contribution is -0.274. The fourth-order valence-electron chi connectivity index (χ4n) is 3.26. The predicted octanol–water partition coefficient (Wildman–Crippen LogP) is 5.38. The van der Waals surface area contributed by atoms with Crippen molar-refractivity contribution in [2.24, 2.45) is 0 Å². The largest absolute Gasteiger partial charge is 0.573 e. The first-order valence-electron chi connectivity index (χ1n) is 11.3. The second-order valence-electron chi connectivity index (χ2n) is 7.85. The van der Waals surface area contributed by atoms with Crippen LogP contribution < -0.4 is 20.7 Å². The van der Waals surface area contributed by atoms with Gasteiger partial charge < -0.3 is 25.2 Å². The van der Waals surface area contributed by atoms with E-state index in [9.17, 15) is 18.0 Å². The number of anilines is 3. The first-order chi connectivity index (χ1) is 17.8. The third-order valence-corrected chi connectivity index (χ3v) is 4.93. The van der Waals surface area contributed by atoms with E-state index in [0.29, 0.717) is 40.0 Å². The number of carbonyl (C=O) groups excluding carboxylic acids is 1. The summed E-state index contributed by atoms with van der Waals surface area (Å²) in [5.74, 6) is 0.604. The maximum absolute atomic E-state index is 12.3. The molecule has 0 fully saturated rings. The Morgan fingerprint density at radius 3 is 2.43 bits per heavy atom. The van der Waals surface area contributed by atoms with Gasteiger partial charge in [0.25, 0.3) is 5.89 Å². The first-order valence-corrected chi connectivity index (χ1v) is 11.3. The van der Waals surface area contributed by atoms with E-state index in [1.165, 1.54) is 24.3 Å². The molecule has 0 atom stereocenters. The van der Waals surface area contributed by atoms with Crippen LogP contribution in [0.4, 0.5) is 30.4 Å². The summed E-state index contributed by atoms with van der Waals surface area (Å²) >= 11 is 0. The molecule has 3 N–H and O–H groups in total. The Labute approximate surface area is 210 Å². The van der Waals surface area contributed by atoms with Gasteiger partial charge in [0.15, 0.2) is 0 Å². The Morgan fingerprint density at radius 2 is 1.73 bits per heavy atom. The van der Waals surface area contributed by atoms with Crippen molar-refractivity contribution in [2.45, 2.75) is 19.7 Å². The summed E-state index contributed by atoms with van der Waals surface area (Å²) in [7, 11) is 0. The van der Waals surface area contributed by atoms with E-state index >= 15 is 0 Å². The van der Waals surface area contributed by atoms with Gasteiger partial charge in [0, 0.05) is 28.7 Å². The quantitative estimate of drug-likeness (QED) is 0.243. The van der Waals surface area contributed by atoms with Crippen LogP contribution in [0.15, 0.2) is 71.4 Å². The number of halogens is 3. The highest BCUT2D eigenvalue weighted by molar-refractivity contribution is 5.92. The van der Waals surface area contributed by atoms with Crippen LogP contribution >= 0.6 is 0 Å². The summed E-state index contributed by atoms with van der Waals surface area (Å²) in [5.41, 5.74) is 2.46. The molecule has 0 aliphatic carbocycles. The molecule has 0 saturated carbocycles. The van der Waals surface area contributed by atoms with Gasteiger partial charge in [0.05, 0.1) is 6.54 Å². The number of alkyl halides is 3. The fraction of sp³-hybridized carbons (Fsp3) is 0.200. The number of pyridine rings is 1. The fourth-order valence-corrected chi connectivity index (χ4v) is 3.26. The van der Waals surface area contributed by atoms with E-state index in [1.54, 1.807) is 42.6 Å². The minimum atomic E-state index is -4.75. The van der Waals surface area contributed by atoms with E-state index in [1.807, 2.05) is 6.92 Å². The lowest BCUT2D eigenvalue weighted by Gasteiger charge is -2.10. The van der Waals surface area contributed by atoms with Gasteiger partial charge in [0.2, 0.25) is 11.7 Å². The number of ether oxygens (including phenoxy) is 1. The van der Waals surface area contributed by atoms with Gasteiger partial charge in [-0.25, -0.2) is 4.98 Å². The van der Waals surface area contributed by atoms with Gasteiger partial charge in [-0.1, -0.05) is 12.1 Å². The molecule has 9 nitrogen and oxygen atoms in total. The molecular formula is C25H23F3N6O3. The Kier molecular flexibility index (Phi) is 7.98. The highest BCUT2D eigenvalue weighted by atomic mass is 19.4. The molecule has 2 aromatic carbocycles. The molecule has 0 saturated heterocycles. The number of rotatable bonds is 10. The van der Waals surface area contributed by atoms with E-state index in [-0.39, 0.29) is 18.2 Å². The summed E-state index contributed by atoms with van der Waals surface area (Å²) in [5, 5.41) is 12.9. The zero-order valence-electron chi connectivity index (χ0n) is 19.7. The van der Waals surface area contributed by atoms with E-state index in [2.05, 4.69) is 35.8 Å². The average molecular weight is 512 g/mol. The van der Waals surface area contributed by atoms with E-state index in [0.717, 1.165) is 13.0 Å². The molecular weight excluding hydrogens is 489 g/mol. The third-order valence-electron chi connectivity index (χ3n) is 4.93. The molecule has 4 rings (SSSR count). The summed E-state index contributed by atoms with van der Waals surface area (Å²) in [6, 6.07) is 15.7. The van der Waals surface area contributed by atoms with Crippen LogP contribution in [0.25, 0.3) is 22.8 Å². The maximum atomic E-state index is 12.3. The van der Waals surface area contributed by atoms with Crippen molar-refractivity contribution in [3.63, 3.8) is 0 Å². The van der Waals surface area contributed by atoms with Gasteiger partial charge in [-0.05, 0) is 73.6 Å². The summed E-state index contributed by atoms with van der Waals surface area (Å²) in [6.45, 7) is 3.04. The van der Waals surface area contributed by atoms with Crippen molar-refractivity contribution in [3.05, 3.63) is 66.9 Å². The van der Waals surface area contributed by atoms with E-state index in [4.69, 9.17) is 4.52 Å². The summed E-state index contributed by atoms with van der Waals surface area (Å²) < 4.78 is 46.3. The Balaban J connectivity index is 1.40. The number of nitrogens with zero attached hydrogens (tertiary/aromatic N) is 3. The predicted molar refractivity (Wildman–Crippen MR) is 131 cm³/mol. The van der Waals surface area contributed by atoms with Crippen LogP contribution in [0, 0.1) is 0 Å². The molecule has 0 spiro atoms. The van der Waals surface area contributed by atoms with Crippen molar-refractivity contribution < 1.29 is 27.2 Å². The molecule has 37 heavy (non-hydrogen) atoms. The normalized spacial score (nSPS) is 11.2. The third kappa shape index (κ3) is 7.51. The van der Waals surface area contributed by atoms with Gasteiger partial charge in [-0.3, -0.25) is 4.79 Å². The van der Waals surface area contributed by atoms with E-state index < -0.39 is 6.36 Å². The van der Waals surface area contributed by atoms with Crippen LogP contribution in [0.5, 0.6) is 5.75 Å². The monoisotopic (exact) mass is 512 g/mol. The zero-order valence-corrected chi connectivity index (χ0v) is 19.7. The highest BCUT2D eigenvalue weighted by Crippen LogP contribution is 2.27. The number of nitrogens with one attached hydrogen (secondary N) is 3. The molecule has 0 aliphatic rings. The molecule has 2 heterocycles. The number of hydrogen-bond acceptors (Lipinski definition) is 8. The molecule has 0 radical (unpaired) electrons. The van der Waals surface area contributed by atoms with Gasteiger partial charge in [-0.15, -0.1) is 13.2 Å². The second kappa shape index (κ2) is 11.5. The number of amides is 1. The standard InChI is InChI=1S/C25H23F3N6O3/c1-2-12-29-15-22(35)32-19-5-3-16(4-6-19)24-33-23(34-37-24)17-11-13-30-21(14-17)31-18-7-9-20(10-8-18)36-25(26,27)28/h3-11,13-14,29H,2,12,15H2,1H3,(H,30,31)(H,32,35). The van der Waals surface area contributed by atoms with Gasteiger partial charge in [-0.2, -0.15) is 4.98 Å². The zero-order chi connectivity index (χ0) is 26.3. The van der Waals surface area contributed by atoms with Crippen LogP contribution in [0.2, 0.25) is 0 Å². The lowest BCUT2D eigenvalue weighted by Crippen LogP contribution is -2.28. The molecule has 0 aliphatic heterocycles. The molecule has 2 aromatic heterocycles. The van der Waals surface area contributed by atoms with Crippen LogP contribution in [0.1, 0.15) is 13.3 Å². The number of hydrogen-bond donors (Lipinski definition) is 3. The Hall–Kier alpha value is -4.45. The molecule has 0 unspecified atom stereocenters. The number of aromatic nitrogens is 3. The Morgan fingerprint density at radius 1 is 1.00 bits per heavy atom. The Bertz CT molecular complexity index is 1320. The number of carbonyl (C=O) groups is 1. The first kappa shape index (κ1) is 25.6. The molecule has 1 amide bonds. The van der Waals surface area contributed by atoms with Crippen LogP contribution in [-0.4, -0.2) is 40.5 Å². The van der Waals surface area contributed by atoms with Crippen molar-refractivity contribution >= 4 is 23.1 Å². The lowest BCUT2D eigenvalue weighted by atomic mass is 10.2. The van der Waals surface area contributed by atoms with Crippen molar-refractivity contribution in [2.75, 3.05) is 23.7 Å². The molecule has 192 valence electrons. The van der Waals surface area contributed by atoms with Crippen molar-refractivity contribution in [1.29, 1.82) is 0 Å². The average Bonchev–Trinajstić information content (AvgIpc) is 3.36. The van der Waals surface area contributed by atoms with Gasteiger partial charge in [0.1, 0.15) is 11.6 Å². The maximum Gasteiger partial charge on any atom is 0.573 e. The van der Waals surface area contributed by atoms with Crippen molar-refractivity contribution in [3.8, 4) is 28.6 Å². The van der Waals surface area contributed by atoms with Crippen LogP contribution in [0.3, 0.4) is 0 Å². The number of benzene rings is 2. The minimum absolute atomic E-state index is 0.131. The molecule has 12 heteroatoms. The summed E-state index contributed by atoms with van der Waals surface area (Å²) in [4.78, 5) is 20.6. The van der Waals surface area contributed by atoms with Crippen LogP contribution in [-0.2, 0) is 4.79 Å². The SMILES string of the molecule is CCCNCC(=O)Nc1ccc(-c2nc(-c3ccnc(Nc4ccc(OC(F)(F)F)cc4)c3)no2)cc1. The highest BCUT2D eigenvalue weighted by Gasteiger charge is 2.30. The topological polar surface area (TPSA) is 114 Å². The van der Waals surface area contributed by atoms with Crippen molar-refractivity contribution in [1.82, 2.24) is 20.4 Å². The molecule has 0 bridgehead atoms. The minimum Gasteiger partial charge on any atom is -0.406 e. The second-order valence-corrected chi connectivity index (χ2v) is 7.85. The summed E-state index contributed by atoms with van der Waals surface area (Å²) in [6.07, 6.45) is -2.26. The smallest absolute Gasteiger partial charge is 0.406 e. The van der Waals surface area contributed by atoms with Gasteiger partial charge >= 0.3 is 6.36 Å². The molecule has 4 aromatic rings.